The Morgan fingerprint density at radius 1 is 1.21 bits per heavy atom. The number of H-pyrrole nitrogens is 1. The zero-order valence-corrected chi connectivity index (χ0v) is 19.4. The zero-order valence-electron chi connectivity index (χ0n) is 17.8. The number of aryl methyl sites for hydroxylation is 2. The van der Waals surface area contributed by atoms with Crippen molar-refractivity contribution >= 4 is 34.3 Å². The third kappa shape index (κ3) is 4.37. The maximum atomic E-state index is 7.52. The molecule has 0 unspecified atom stereocenters. The average molecular weight is 477 g/mol. The van der Waals surface area contributed by atoms with E-state index in [1.165, 1.54) is 6.33 Å². The second-order valence-corrected chi connectivity index (χ2v) is 9.22. The number of nitrogens with two attached hydrogens (primary N) is 1. The Hall–Kier alpha value is -3.56. The predicted octanol–water partition coefficient (Wildman–Crippen LogP) is 4.66. The zero-order chi connectivity index (χ0) is 22.9. The van der Waals surface area contributed by atoms with Crippen molar-refractivity contribution in [1.82, 2.24) is 29.8 Å². The monoisotopic (exact) mass is 476 g/mol. The van der Waals surface area contributed by atoms with Gasteiger partial charge in [-0.25, -0.2) is 14.5 Å². The Bertz CT molecular complexity index is 1430. The van der Waals surface area contributed by atoms with Crippen LogP contribution >= 0.6 is 22.9 Å². The van der Waals surface area contributed by atoms with E-state index in [9.17, 15) is 0 Å². The second-order valence-electron chi connectivity index (χ2n) is 7.78. The molecule has 0 aliphatic rings. The number of hydrogen-bond donors (Lipinski definition) is 3. The van der Waals surface area contributed by atoms with Gasteiger partial charge >= 0.3 is 0 Å². The molecule has 4 heterocycles. The number of nitrogens with one attached hydrogen (secondary N) is 2. The second kappa shape index (κ2) is 8.76. The lowest BCUT2D eigenvalue weighted by Crippen LogP contribution is -2.10. The molecule has 5 rings (SSSR count). The quantitative estimate of drug-likeness (QED) is 0.233. The summed E-state index contributed by atoms with van der Waals surface area (Å²) in [6.45, 7) is 1.99. The van der Waals surface area contributed by atoms with Gasteiger partial charge in [-0.15, -0.1) is 11.3 Å². The van der Waals surface area contributed by atoms with E-state index in [0.29, 0.717) is 30.1 Å². The molecule has 1 aromatic carbocycles. The molecule has 0 bridgehead atoms. The van der Waals surface area contributed by atoms with Crippen LogP contribution in [0.2, 0.25) is 5.02 Å². The Balaban J connectivity index is 1.60. The lowest BCUT2D eigenvalue weighted by molar-refractivity contribution is 0.921. The van der Waals surface area contributed by atoms with Gasteiger partial charge in [0.2, 0.25) is 0 Å². The summed E-state index contributed by atoms with van der Waals surface area (Å²) in [6.07, 6.45) is 5.32. The number of nitrogens with zero attached hydrogens (tertiary/aromatic N) is 5. The number of aromatic amines is 1. The Morgan fingerprint density at radius 2 is 2.03 bits per heavy atom. The minimum Gasteiger partial charge on any atom is -0.388 e. The van der Waals surface area contributed by atoms with Gasteiger partial charge in [0.25, 0.3) is 0 Å². The first-order valence-corrected chi connectivity index (χ1v) is 11.6. The van der Waals surface area contributed by atoms with Gasteiger partial charge in [0, 0.05) is 24.1 Å². The third-order valence-corrected chi connectivity index (χ3v) is 6.76. The van der Waals surface area contributed by atoms with Crippen LogP contribution in [0.3, 0.4) is 0 Å². The molecule has 10 heteroatoms. The van der Waals surface area contributed by atoms with Crippen molar-refractivity contribution in [2.45, 2.75) is 26.2 Å². The van der Waals surface area contributed by atoms with Gasteiger partial charge in [-0.1, -0.05) is 23.7 Å². The van der Waals surface area contributed by atoms with Crippen LogP contribution in [0.4, 0.5) is 0 Å². The highest BCUT2D eigenvalue weighted by atomic mass is 35.5. The summed E-state index contributed by atoms with van der Waals surface area (Å²) >= 11 is 7.63. The standard InChI is InChI=1S/C23H21ClN8S/c1-13-20(18-11-15(4-7-19(25)26)8-9-32(18)31-13)23-29-17(10-14-2-5-16(24)6-3-14)21(33-23)22-27-12-28-30-22/h2-3,5-6,8-9,11-12H,4,7,10H2,1H3,(H3,25,26)(H,27,28,30). The van der Waals surface area contributed by atoms with Crippen molar-refractivity contribution in [3.8, 4) is 21.3 Å². The van der Waals surface area contributed by atoms with E-state index in [-0.39, 0.29) is 5.84 Å². The summed E-state index contributed by atoms with van der Waals surface area (Å²) in [7, 11) is 0. The molecule has 0 fully saturated rings. The van der Waals surface area contributed by atoms with Gasteiger partial charge in [-0.2, -0.15) is 10.2 Å². The molecule has 33 heavy (non-hydrogen) atoms. The molecule has 0 aliphatic heterocycles. The lowest BCUT2D eigenvalue weighted by atomic mass is 10.1. The van der Waals surface area contributed by atoms with Crippen LogP contribution in [-0.4, -0.2) is 35.6 Å². The molecule has 0 saturated carbocycles. The van der Waals surface area contributed by atoms with Crippen molar-refractivity contribution < 1.29 is 0 Å². The highest BCUT2D eigenvalue weighted by Crippen LogP contribution is 2.38. The average Bonchev–Trinajstić information content (AvgIpc) is 3.51. The molecule has 0 radical (unpaired) electrons. The number of thiazole rings is 1. The summed E-state index contributed by atoms with van der Waals surface area (Å²) in [4.78, 5) is 10.3. The molecule has 0 saturated heterocycles. The van der Waals surface area contributed by atoms with Gasteiger partial charge in [-0.3, -0.25) is 10.5 Å². The van der Waals surface area contributed by atoms with Crippen molar-refractivity contribution in [1.29, 1.82) is 5.41 Å². The molecular weight excluding hydrogens is 456 g/mol. The molecule has 166 valence electrons. The molecule has 0 atom stereocenters. The number of pyridine rings is 1. The number of amidine groups is 1. The minimum absolute atomic E-state index is 0.184. The van der Waals surface area contributed by atoms with Crippen LogP contribution in [0.15, 0.2) is 48.9 Å². The molecule has 0 aliphatic carbocycles. The fourth-order valence-corrected chi connectivity index (χ4v) is 5.04. The number of aromatic nitrogens is 6. The molecule has 0 spiro atoms. The smallest absolute Gasteiger partial charge is 0.167 e. The van der Waals surface area contributed by atoms with Gasteiger partial charge in [-0.05, 0) is 48.7 Å². The number of rotatable bonds is 7. The summed E-state index contributed by atoms with van der Waals surface area (Å²) in [6, 6.07) is 11.9. The van der Waals surface area contributed by atoms with Gasteiger partial charge in [0.05, 0.1) is 33.2 Å². The maximum Gasteiger partial charge on any atom is 0.167 e. The first kappa shape index (κ1) is 21.3. The summed E-state index contributed by atoms with van der Waals surface area (Å²) in [5.74, 6) is 0.877. The van der Waals surface area contributed by atoms with Crippen molar-refractivity contribution in [3.05, 3.63) is 76.5 Å². The predicted molar refractivity (Wildman–Crippen MR) is 131 cm³/mol. The molecular formula is C23H21ClN8S. The topological polar surface area (TPSA) is 122 Å². The lowest BCUT2D eigenvalue weighted by Gasteiger charge is -2.03. The summed E-state index contributed by atoms with van der Waals surface area (Å²) in [5, 5.41) is 20.8. The van der Waals surface area contributed by atoms with Gasteiger partial charge in [0.1, 0.15) is 11.3 Å². The largest absolute Gasteiger partial charge is 0.388 e. The summed E-state index contributed by atoms with van der Waals surface area (Å²) in [5.41, 5.74) is 11.6. The third-order valence-electron chi connectivity index (χ3n) is 5.38. The van der Waals surface area contributed by atoms with Crippen LogP contribution in [0.1, 0.15) is 28.9 Å². The van der Waals surface area contributed by atoms with E-state index in [4.69, 9.17) is 27.7 Å². The number of hydrogen-bond acceptors (Lipinski definition) is 6. The summed E-state index contributed by atoms with van der Waals surface area (Å²) < 4.78 is 1.87. The Kier molecular flexibility index (Phi) is 5.65. The van der Waals surface area contributed by atoms with Crippen molar-refractivity contribution in [3.63, 3.8) is 0 Å². The number of halogens is 1. The Labute approximate surface area is 199 Å². The molecule has 4 aromatic heterocycles. The number of fused-ring (bicyclic) bond motifs is 1. The first-order chi connectivity index (χ1) is 16.0. The molecule has 0 amide bonds. The van der Waals surface area contributed by atoms with E-state index in [0.717, 1.165) is 43.5 Å². The SMILES string of the molecule is Cc1nn2ccc(CCC(=N)N)cc2c1-c1nc(Cc2ccc(Cl)cc2)c(-c2ncn[nH]2)s1. The molecule has 8 nitrogen and oxygen atoms in total. The highest BCUT2D eigenvalue weighted by Gasteiger charge is 2.21. The van der Waals surface area contributed by atoms with E-state index >= 15 is 0 Å². The fourth-order valence-electron chi connectivity index (χ4n) is 3.78. The normalized spacial score (nSPS) is 11.3. The Morgan fingerprint density at radius 3 is 2.76 bits per heavy atom. The van der Waals surface area contributed by atoms with Gasteiger partial charge < -0.3 is 5.73 Å². The van der Waals surface area contributed by atoms with Crippen LogP contribution in [-0.2, 0) is 12.8 Å². The highest BCUT2D eigenvalue weighted by molar-refractivity contribution is 7.18. The molecule has 4 N–H and O–H groups in total. The van der Waals surface area contributed by atoms with Crippen LogP contribution in [0.25, 0.3) is 26.8 Å². The minimum atomic E-state index is 0.184. The maximum absolute atomic E-state index is 7.52. The van der Waals surface area contributed by atoms with E-state index in [1.54, 1.807) is 11.3 Å². The van der Waals surface area contributed by atoms with Crippen LogP contribution in [0.5, 0.6) is 0 Å². The van der Waals surface area contributed by atoms with E-state index in [2.05, 4.69) is 26.3 Å². The van der Waals surface area contributed by atoms with Crippen molar-refractivity contribution in [2.24, 2.45) is 5.73 Å². The first-order valence-electron chi connectivity index (χ1n) is 10.4. The van der Waals surface area contributed by atoms with E-state index < -0.39 is 0 Å². The molecule has 5 aromatic rings. The van der Waals surface area contributed by atoms with Crippen LogP contribution in [0, 0.1) is 12.3 Å². The van der Waals surface area contributed by atoms with Gasteiger partial charge in [0.15, 0.2) is 5.82 Å². The van der Waals surface area contributed by atoms with Crippen LogP contribution < -0.4 is 5.73 Å². The fraction of sp³-hybridized carbons (Fsp3) is 0.174. The van der Waals surface area contributed by atoms with Crippen molar-refractivity contribution in [2.75, 3.05) is 0 Å². The number of benzene rings is 1. The van der Waals surface area contributed by atoms with E-state index in [1.807, 2.05) is 48.0 Å².